The summed E-state index contributed by atoms with van der Waals surface area (Å²) >= 11 is 0. The quantitative estimate of drug-likeness (QED) is 0.785. The van der Waals surface area contributed by atoms with Crippen LogP contribution in [0.2, 0.25) is 0 Å². The summed E-state index contributed by atoms with van der Waals surface area (Å²) in [6.45, 7) is 5.98. The molecule has 0 saturated heterocycles. The number of halogens is 2. The van der Waals surface area contributed by atoms with Crippen LogP contribution in [0.15, 0.2) is 18.5 Å². The molecule has 0 aliphatic carbocycles. The lowest BCUT2D eigenvalue weighted by Crippen LogP contribution is -2.24. The van der Waals surface area contributed by atoms with E-state index in [2.05, 4.69) is 17.2 Å². The van der Waals surface area contributed by atoms with Crippen LogP contribution in [0.3, 0.4) is 0 Å². The fourth-order valence-corrected chi connectivity index (χ4v) is 2.28. The third kappa shape index (κ3) is 3.33. The van der Waals surface area contributed by atoms with Crippen molar-refractivity contribution in [3.05, 3.63) is 30.1 Å². The summed E-state index contributed by atoms with van der Waals surface area (Å²) in [7, 11) is 0. The predicted octanol–water partition coefficient (Wildman–Crippen LogP) is 3.66. The minimum atomic E-state index is -0.854. The summed E-state index contributed by atoms with van der Waals surface area (Å²) in [6, 6.07) is 2.50. The standard InChI is InChI=1S/C15H21F2N3/c1-3-4-5-6-18-9-11(2)20-10-19-14-7-12(16)13(17)8-15(14)20/h7-8,10-11,18H,3-6,9H2,1-2H3. The number of nitrogens with one attached hydrogen (secondary N) is 1. The molecular weight excluding hydrogens is 260 g/mol. The first kappa shape index (κ1) is 14.9. The Morgan fingerprint density at radius 2 is 2.00 bits per heavy atom. The summed E-state index contributed by atoms with van der Waals surface area (Å²) in [5.41, 5.74) is 1.12. The van der Waals surface area contributed by atoms with Gasteiger partial charge >= 0.3 is 0 Å². The van der Waals surface area contributed by atoms with Crippen molar-refractivity contribution < 1.29 is 8.78 Å². The molecule has 0 bridgehead atoms. The average molecular weight is 281 g/mol. The van der Waals surface area contributed by atoms with Gasteiger partial charge in [-0.1, -0.05) is 19.8 Å². The van der Waals surface area contributed by atoms with Gasteiger partial charge in [0.15, 0.2) is 11.6 Å². The molecule has 0 aliphatic rings. The molecule has 0 amide bonds. The summed E-state index contributed by atoms with van der Waals surface area (Å²) < 4.78 is 28.4. The van der Waals surface area contributed by atoms with Crippen molar-refractivity contribution in [1.82, 2.24) is 14.9 Å². The van der Waals surface area contributed by atoms with Gasteiger partial charge < -0.3 is 9.88 Å². The number of imidazole rings is 1. The molecule has 1 atom stereocenters. The van der Waals surface area contributed by atoms with E-state index in [0.717, 1.165) is 25.6 Å². The van der Waals surface area contributed by atoms with E-state index >= 15 is 0 Å². The van der Waals surface area contributed by atoms with Crippen molar-refractivity contribution in [2.75, 3.05) is 13.1 Å². The average Bonchev–Trinajstić information content (AvgIpc) is 2.82. The second-order valence-electron chi connectivity index (χ2n) is 5.17. The van der Waals surface area contributed by atoms with Crippen LogP contribution in [0.4, 0.5) is 8.78 Å². The molecule has 0 radical (unpaired) electrons. The fraction of sp³-hybridized carbons (Fsp3) is 0.533. The molecule has 0 saturated carbocycles. The first-order valence-electron chi connectivity index (χ1n) is 7.15. The molecule has 0 fully saturated rings. The molecule has 0 spiro atoms. The van der Waals surface area contributed by atoms with Crippen LogP contribution in [0.25, 0.3) is 11.0 Å². The zero-order chi connectivity index (χ0) is 14.5. The van der Waals surface area contributed by atoms with Crippen molar-refractivity contribution in [2.24, 2.45) is 0 Å². The van der Waals surface area contributed by atoms with Gasteiger partial charge in [0.1, 0.15) is 0 Å². The van der Waals surface area contributed by atoms with Gasteiger partial charge in [-0.15, -0.1) is 0 Å². The van der Waals surface area contributed by atoms with Crippen LogP contribution in [0.5, 0.6) is 0 Å². The molecule has 1 heterocycles. The number of nitrogens with zero attached hydrogens (tertiary/aromatic N) is 2. The third-order valence-electron chi connectivity index (χ3n) is 3.49. The summed E-state index contributed by atoms with van der Waals surface area (Å²) in [5.74, 6) is -1.68. The van der Waals surface area contributed by atoms with Gasteiger partial charge in [0, 0.05) is 24.7 Å². The number of unbranched alkanes of at least 4 members (excludes halogenated alkanes) is 2. The molecule has 2 aromatic rings. The molecule has 5 heteroatoms. The van der Waals surface area contributed by atoms with Gasteiger partial charge in [-0.25, -0.2) is 13.8 Å². The summed E-state index contributed by atoms with van der Waals surface area (Å²) in [6.07, 6.45) is 5.23. The molecule has 1 N–H and O–H groups in total. The van der Waals surface area contributed by atoms with E-state index in [-0.39, 0.29) is 6.04 Å². The van der Waals surface area contributed by atoms with E-state index in [4.69, 9.17) is 0 Å². The molecule has 1 aromatic carbocycles. The topological polar surface area (TPSA) is 29.9 Å². The second-order valence-corrected chi connectivity index (χ2v) is 5.17. The van der Waals surface area contributed by atoms with Crippen LogP contribution in [-0.2, 0) is 0 Å². The van der Waals surface area contributed by atoms with Gasteiger partial charge in [0.2, 0.25) is 0 Å². The Morgan fingerprint density at radius 1 is 1.25 bits per heavy atom. The normalized spacial score (nSPS) is 13.0. The molecule has 1 aromatic heterocycles. The van der Waals surface area contributed by atoms with E-state index in [1.807, 2.05) is 11.5 Å². The lowest BCUT2D eigenvalue weighted by Gasteiger charge is -2.15. The van der Waals surface area contributed by atoms with E-state index in [9.17, 15) is 8.78 Å². The Hall–Kier alpha value is -1.49. The van der Waals surface area contributed by atoms with Gasteiger partial charge in [0.25, 0.3) is 0 Å². The fourth-order valence-electron chi connectivity index (χ4n) is 2.28. The maximum atomic E-state index is 13.3. The van der Waals surface area contributed by atoms with Gasteiger partial charge in [-0.3, -0.25) is 0 Å². The number of rotatable bonds is 7. The SMILES string of the molecule is CCCCCNCC(C)n1cnc2cc(F)c(F)cc21. The second kappa shape index (κ2) is 6.79. The maximum absolute atomic E-state index is 13.3. The van der Waals surface area contributed by atoms with E-state index in [1.165, 1.54) is 18.9 Å². The molecule has 0 aliphatic heterocycles. The number of fused-ring (bicyclic) bond motifs is 1. The largest absolute Gasteiger partial charge is 0.326 e. The Kier molecular flexibility index (Phi) is 5.06. The first-order valence-corrected chi connectivity index (χ1v) is 7.15. The number of benzene rings is 1. The monoisotopic (exact) mass is 281 g/mol. The van der Waals surface area contributed by atoms with Crippen molar-refractivity contribution in [3.8, 4) is 0 Å². The van der Waals surface area contributed by atoms with Crippen LogP contribution >= 0.6 is 0 Å². The Labute approximate surface area is 118 Å². The maximum Gasteiger partial charge on any atom is 0.161 e. The number of hydrogen-bond donors (Lipinski definition) is 1. The van der Waals surface area contributed by atoms with Crippen molar-refractivity contribution in [3.63, 3.8) is 0 Å². The molecule has 1 unspecified atom stereocenters. The molecule has 110 valence electrons. The zero-order valence-corrected chi connectivity index (χ0v) is 12.0. The van der Waals surface area contributed by atoms with Crippen LogP contribution in [0, 0.1) is 11.6 Å². The lowest BCUT2D eigenvalue weighted by molar-refractivity contribution is 0.491. The smallest absolute Gasteiger partial charge is 0.161 e. The van der Waals surface area contributed by atoms with Gasteiger partial charge in [-0.05, 0) is 19.9 Å². The summed E-state index contributed by atoms with van der Waals surface area (Å²) in [4.78, 5) is 4.13. The van der Waals surface area contributed by atoms with Crippen LogP contribution in [0.1, 0.15) is 39.2 Å². The highest BCUT2D eigenvalue weighted by atomic mass is 19.2. The number of aromatic nitrogens is 2. The van der Waals surface area contributed by atoms with Crippen molar-refractivity contribution in [2.45, 2.75) is 39.2 Å². The Morgan fingerprint density at radius 3 is 2.75 bits per heavy atom. The minimum Gasteiger partial charge on any atom is -0.326 e. The van der Waals surface area contributed by atoms with Gasteiger partial charge in [-0.2, -0.15) is 0 Å². The Bertz CT molecular complexity index is 565. The number of hydrogen-bond acceptors (Lipinski definition) is 2. The van der Waals surface area contributed by atoms with Crippen molar-refractivity contribution in [1.29, 1.82) is 0 Å². The van der Waals surface area contributed by atoms with Crippen molar-refractivity contribution >= 4 is 11.0 Å². The molecular formula is C15H21F2N3. The minimum absolute atomic E-state index is 0.145. The Balaban J connectivity index is 2.03. The predicted molar refractivity (Wildman–Crippen MR) is 76.8 cm³/mol. The highest BCUT2D eigenvalue weighted by Gasteiger charge is 2.12. The van der Waals surface area contributed by atoms with Crippen LogP contribution in [-0.4, -0.2) is 22.6 Å². The van der Waals surface area contributed by atoms with E-state index in [1.54, 1.807) is 6.33 Å². The molecule has 2 rings (SSSR count). The van der Waals surface area contributed by atoms with E-state index in [0.29, 0.717) is 11.0 Å². The molecule has 3 nitrogen and oxygen atoms in total. The first-order chi connectivity index (χ1) is 9.63. The highest BCUT2D eigenvalue weighted by molar-refractivity contribution is 5.75. The zero-order valence-electron chi connectivity index (χ0n) is 12.0. The lowest BCUT2D eigenvalue weighted by atomic mass is 10.2. The van der Waals surface area contributed by atoms with Gasteiger partial charge in [0.05, 0.1) is 17.4 Å². The summed E-state index contributed by atoms with van der Waals surface area (Å²) in [5, 5.41) is 3.38. The van der Waals surface area contributed by atoms with Crippen LogP contribution < -0.4 is 5.32 Å². The molecule has 20 heavy (non-hydrogen) atoms. The highest BCUT2D eigenvalue weighted by Crippen LogP contribution is 2.20. The third-order valence-corrected chi connectivity index (χ3v) is 3.49. The van der Waals surface area contributed by atoms with E-state index < -0.39 is 11.6 Å².